The minimum Gasteiger partial charge on any atom is -0.493 e. The lowest BCUT2D eigenvalue weighted by molar-refractivity contribution is 0.304. The first-order valence-electron chi connectivity index (χ1n) is 31.5. The van der Waals surface area contributed by atoms with Crippen LogP contribution in [0.15, 0.2) is 139 Å². The molecule has 6 heterocycles. The number of thioether (sulfide) groups is 12. The normalized spacial score (nSPS) is 15.5. The van der Waals surface area contributed by atoms with Crippen molar-refractivity contribution in [3.05, 3.63) is 175 Å². The van der Waals surface area contributed by atoms with E-state index in [9.17, 15) is 0 Å². The van der Waals surface area contributed by atoms with Crippen LogP contribution in [0, 0.1) is 0 Å². The van der Waals surface area contributed by atoms with Gasteiger partial charge < -0.3 is 28.1 Å². The first-order valence-corrected chi connectivity index (χ1v) is 42.0. The molecule has 4 aliphatic heterocycles. The van der Waals surface area contributed by atoms with Crippen LogP contribution in [0.5, 0.6) is 23.0 Å². The molecule has 1 aliphatic carbocycles. The molecule has 0 spiro atoms. The number of hydrogen-bond acceptors (Lipinski definition) is 16. The molecule has 2 aromatic heterocycles. The Balaban J connectivity index is 0.949. The summed E-state index contributed by atoms with van der Waals surface area (Å²) in [6.45, 7) is 22.0. The molecule has 88 heavy (non-hydrogen) atoms. The number of ether oxygens (including phenoxy) is 4. The second kappa shape index (κ2) is 33.3. The summed E-state index contributed by atoms with van der Waals surface area (Å²) >= 11 is 23.9. The van der Waals surface area contributed by atoms with Gasteiger partial charge in [-0.05, 0) is 154 Å². The van der Waals surface area contributed by atoms with E-state index in [1.807, 2.05) is 141 Å². The molecule has 0 amide bonds. The smallest absolute Gasteiger partial charge is 0.126 e. The lowest BCUT2D eigenvalue weighted by atomic mass is 9.89. The second-order valence-electron chi connectivity index (χ2n) is 22.2. The van der Waals surface area contributed by atoms with Crippen LogP contribution < -0.4 is 18.9 Å². The fourth-order valence-corrected chi connectivity index (χ4v) is 28.0. The maximum atomic E-state index is 7.01. The molecule has 6 aromatic rings. The van der Waals surface area contributed by atoms with Gasteiger partial charge in [0.25, 0.3) is 0 Å². The van der Waals surface area contributed by atoms with Gasteiger partial charge in [0.2, 0.25) is 0 Å². The van der Waals surface area contributed by atoms with Crippen molar-refractivity contribution in [3.8, 4) is 23.0 Å². The number of nitrogens with zero attached hydrogens (tertiary/aromatic N) is 2. The Morgan fingerprint density at radius 3 is 0.830 bits per heavy atom. The third-order valence-corrected chi connectivity index (χ3v) is 32.5. The Kier molecular flexibility index (Phi) is 25.4. The summed E-state index contributed by atoms with van der Waals surface area (Å²) < 4.78 is 44.6. The molecular formula is C70H82N2O4S12. The summed E-state index contributed by atoms with van der Waals surface area (Å²) in [6, 6.07) is 23.3. The van der Waals surface area contributed by atoms with E-state index in [-0.39, 0.29) is 0 Å². The van der Waals surface area contributed by atoms with Gasteiger partial charge in [-0.2, -0.15) is 0 Å². The monoisotopic (exact) mass is 1400 g/mol. The van der Waals surface area contributed by atoms with Crippen LogP contribution in [0.4, 0.5) is 0 Å². The number of hydrogen-bond donors (Lipinski definition) is 0. The van der Waals surface area contributed by atoms with Gasteiger partial charge in [-0.15, -0.1) is 47.0 Å². The van der Waals surface area contributed by atoms with Gasteiger partial charge in [0.15, 0.2) is 0 Å². The first kappa shape index (κ1) is 67.2. The first-order chi connectivity index (χ1) is 43.2. The zero-order valence-corrected chi connectivity index (χ0v) is 61.9. The molecule has 0 N–H and O–H groups in total. The summed E-state index contributed by atoms with van der Waals surface area (Å²) in [6.07, 6.45) is 20.6. The quantitative estimate of drug-likeness (QED) is 0.0467. The zero-order valence-electron chi connectivity index (χ0n) is 52.1. The van der Waals surface area contributed by atoms with Crippen LogP contribution in [0.2, 0.25) is 0 Å². The molecule has 0 fully saturated rings. The van der Waals surface area contributed by atoms with Crippen LogP contribution in [-0.4, -0.2) is 58.6 Å². The number of aromatic nitrogens is 2. The third-order valence-electron chi connectivity index (χ3n) is 14.6. The predicted octanol–water partition coefficient (Wildman–Crippen LogP) is 23.7. The number of benzene rings is 4. The zero-order chi connectivity index (χ0) is 60.9. The average molecular weight is 1400 g/mol. The molecule has 4 aromatic carbocycles. The van der Waals surface area contributed by atoms with E-state index in [2.05, 4.69) is 150 Å². The minimum absolute atomic E-state index is 0.630. The molecule has 0 unspecified atom stereocenters. The number of para-hydroxylation sites is 2. The van der Waals surface area contributed by atoms with Gasteiger partial charge in [-0.3, -0.25) is 0 Å². The lowest BCUT2D eigenvalue weighted by Crippen LogP contribution is -2.11. The van der Waals surface area contributed by atoms with Crippen LogP contribution in [-0.2, 0) is 38.8 Å². The molecule has 18 heteroatoms. The standard InChI is InChI=1S/C70H82N2O4S12/c1-9-23-73-59-47-19-17-20-48(59)36-52-32-46(40-72-43-57-58(44-72)84-68(83-57)70-87-65(79-29-15-7)66(88-70)80-30-16-8)34-54(62(52)76-26-12-4)38-50-22-18-21-49(60(50)74-24-10-2)37-53-33-45(31-51(35-47)61(53)75-25-11-3)39-71-41-55-56(42-71)82-67(81-55)69-85-63(77-27-13-5)64(86-69)78-28-14-6/h17-22,31-34,41-44H,9-16,23-30,35-40H2,1-8H3. The van der Waals surface area contributed by atoms with Crippen molar-refractivity contribution in [2.75, 3.05) is 49.4 Å². The maximum Gasteiger partial charge on any atom is 0.126 e. The molecule has 5 aliphatic rings. The maximum absolute atomic E-state index is 7.01. The van der Waals surface area contributed by atoms with E-state index in [4.69, 9.17) is 18.9 Å². The highest BCUT2D eigenvalue weighted by Crippen LogP contribution is 2.66. The Morgan fingerprint density at radius 2 is 0.580 bits per heavy atom. The molecule has 6 nitrogen and oxygen atoms in total. The Morgan fingerprint density at radius 1 is 0.330 bits per heavy atom. The third kappa shape index (κ3) is 16.6. The largest absolute Gasteiger partial charge is 0.493 e. The van der Waals surface area contributed by atoms with Gasteiger partial charge in [0.1, 0.15) is 23.0 Å². The lowest BCUT2D eigenvalue weighted by Gasteiger charge is -2.24. The summed E-state index contributed by atoms with van der Waals surface area (Å²) in [5.74, 6) is 8.58. The molecule has 468 valence electrons. The molecule has 0 radical (unpaired) electrons. The van der Waals surface area contributed by atoms with Gasteiger partial charge >= 0.3 is 0 Å². The highest BCUT2D eigenvalue weighted by molar-refractivity contribution is 8.43. The van der Waals surface area contributed by atoms with Crippen LogP contribution in [0.1, 0.15) is 162 Å². The molecule has 0 atom stereocenters. The van der Waals surface area contributed by atoms with Crippen molar-refractivity contribution < 1.29 is 18.9 Å². The van der Waals surface area contributed by atoms with Gasteiger partial charge in [0.05, 0.1) is 60.3 Å². The second-order valence-corrected chi connectivity index (χ2v) is 37.0. The van der Waals surface area contributed by atoms with E-state index < -0.39 is 0 Å². The van der Waals surface area contributed by atoms with Crippen LogP contribution in [0.25, 0.3) is 0 Å². The minimum atomic E-state index is 0.630. The Bertz CT molecular complexity index is 3160. The van der Waals surface area contributed by atoms with Crippen molar-refractivity contribution in [1.29, 1.82) is 0 Å². The highest BCUT2D eigenvalue weighted by Gasteiger charge is 2.33. The summed E-state index contributed by atoms with van der Waals surface area (Å²) in [5, 5.41) is 0. The van der Waals surface area contributed by atoms with Crippen molar-refractivity contribution in [3.63, 3.8) is 0 Å². The number of fused-ring (bicyclic) bond motifs is 10. The van der Waals surface area contributed by atoms with Crippen molar-refractivity contribution >= 4 is 141 Å². The number of rotatable bonds is 28. The van der Waals surface area contributed by atoms with Crippen molar-refractivity contribution in [2.45, 2.75) is 165 Å². The molecule has 8 bridgehead atoms. The SMILES string of the molecule is CCCOc1c2cccc1Cc1cc(Cn3cc4c(c3)SC(=C3SC(SCCC)=C(SCCC)S3)S4)cc(c1OCCC)Cc1cccc(c1OCCC)Cc1cc(Cn3cc4c(c3)SC(=C3SC(SCCC)=C(SCCC)S3)S4)cc(c1OCCC)C2. The molecule has 11 rings (SSSR count). The van der Waals surface area contributed by atoms with Crippen LogP contribution >= 0.6 is 141 Å². The van der Waals surface area contributed by atoms with Gasteiger partial charge in [-0.25, -0.2) is 0 Å². The van der Waals surface area contributed by atoms with Crippen LogP contribution in [0.3, 0.4) is 0 Å². The predicted molar refractivity (Wildman–Crippen MR) is 400 cm³/mol. The Labute approximate surface area is 576 Å². The summed E-state index contributed by atoms with van der Waals surface area (Å²) in [4.78, 5) is 5.39. The summed E-state index contributed by atoms with van der Waals surface area (Å²) in [5.41, 5.74) is 11.9. The topological polar surface area (TPSA) is 46.8 Å². The van der Waals surface area contributed by atoms with Gasteiger partial charge in [0, 0.05) is 83.1 Å². The average Bonchev–Trinajstić information content (AvgIpc) is 1.81. The fraction of sp³-hybridized carbons (Fsp3) is 0.429. The van der Waals surface area contributed by atoms with E-state index in [1.54, 1.807) is 0 Å². The molecule has 0 saturated heterocycles. The van der Waals surface area contributed by atoms with E-state index >= 15 is 0 Å². The van der Waals surface area contributed by atoms with Gasteiger partial charge in [-0.1, -0.05) is 186 Å². The highest BCUT2D eigenvalue weighted by atomic mass is 32.3. The van der Waals surface area contributed by atoms with E-state index in [0.717, 1.165) is 61.8 Å². The fourth-order valence-electron chi connectivity index (χ4n) is 10.9. The van der Waals surface area contributed by atoms with Crippen molar-refractivity contribution in [1.82, 2.24) is 9.13 Å². The molecule has 0 saturated carbocycles. The Hall–Kier alpha value is -2.20. The summed E-state index contributed by atoms with van der Waals surface area (Å²) in [7, 11) is 0. The van der Waals surface area contributed by atoms with E-state index in [0.29, 0.717) is 52.1 Å². The molecular weight excluding hydrogens is 1320 g/mol. The van der Waals surface area contributed by atoms with E-state index in [1.165, 1.54) is 158 Å². The van der Waals surface area contributed by atoms with Crippen molar-refractivity contribution in [2.24, 2.45) is 0 Å².